The maximum Gasteiger partial charge on any atom is 0.253 e. The fourth-order valence-electron chi connectivity index (χ4n) is 2.45. The smallest absolute Gasteiger partial charge is 0.253 e. The first-order chi connectivity index (χ1) is 9.90. The van der Waals surface area contributed by atoms with E-state index < -0.39 is 0 Å². The lowest BCUT2D eigenvalue weighted by Crippen LogP contribution is -2.32. The molecule has 2 unspecified atom stereocenters. The van der Waals surface area contributed by atoms with Crippen molar-refractivity contribution in [2.75, 3.05) is 26.0 Å². The van der Waals surface area contributed by atoms with Crippen LogP contribution in [-0.2, 0) is 4.79 Å². The van der Waals surface area contributed by atoms with Crippen LogP contribution in [0.4, 0.5) is 5.69 Å². The molecule has 1 aromatic carbocycles. The van der Waals surface area contributed by atoms with Gasteiger partial charge in [-0.1, -0.05) is 11.6 Å². The van der Waals surface area contributed by atoms with Gasteiger partial charge in [0.05, 0.1) is 16.6 Å². The third-order valence-corrected chi connectivity index (χ3v) is 4.07. The zero-order valence-corrected chi connectivity index (χ0v) is 13.2. The Morgan fingerprint density at radius 3 is 2.67 bits per heavy atom. The molecule has 0 aromatic heterocycles. The lowest BCUT2D eigenvalue weighted by Gasteiger charge is -2.17. The van der Waals surface area contributed by atoms with Crippen molar-refractivity contribution in [2.24, 2.45) is 5.92 Å². The van der Waals surface area contributed by atoms with E-state index in [1.54, 1.807) is 32.3 Å². The number of hydrogen-bond acceptors (Lipinski definition) is 3. The molecule has 1 aromatic rings. The van der Waals surface area contributed by atoms with Crippen molar-refractivity contribution in [3.63, 3.8) is 0 Å². The standard InChI is InChI=1S/C15H20ClN3O2/c1-9-11(6-7-17-9)14(20)18-13-8-10(4-5-12(13)16)15(21)19(2)3/h4-5,8-9,11,17H,6-7H2,1-3H3,(H,18,20). The van der Waals surface area contributed by atoms with Crippen molar-refractivity contribution >= 4 is 29.1 Å². The van der Waals surface area contributed by atoms with Crippen LogP contribution in [-0.4, -0.2) is 43.4 Å². The fourth-order valence-corrected chi connectivity index (χ4v) is 2.62. The molecule has 0 saturated carbocycles. The van der Waals surface area contributed by atoms with E-state index in [0.29, 0.717) is 16.3 Å². The first kappa shape index (κ1) is 15.8. The Labute approximate surface area is 129 Å². The van der Waals surface area contributed by atoms with E-state index >= 15 is 0 Å². The van der Waals surface area contributed by atoms with Crippen LogP contribution in [0, 0.1) is 5.92 Å². The number of rotatable bonds is 3. The summed E-state index contributed by atoms with van der Waals surface area (Å²) in [5, 5.41) is 6.50. The second-order valence-electron chi connectivity index (χ2n) is 5.52. The SMILES string of the molecule is CC1NCCC1C(=O)Nc1cc(C(=O)N(C)C)ccc1Cl. The maximum atomic E-state index is 12.3. The number of hydrogen-bond donors (Lipinski definition) is 2. The first-order valence-corrected chi connectivity index (χ1v) is 7.33. The molecule has 2 N–H and O–H groups in total. The average molecular weight is 310 g/mol. The van der Waals surface area contributed by atoms with Crippen molar-refractivity contribution in [1.82, 2.24) is 10.2 Å². The van der Waals surface area contributed by atoms with Gasteiger partial charge in [0.2, 0.25) is 5.91 Å². The Hall–Kier alpha value is -1.59. The highest BCUT2D eigenvalue weighted by Gasteiger charge is 2.29. The summed E-state index contributed by atoms with van der Waals surface area (Å²) in [6.07, 6.45) is 0.806. The van der Waals surface area contributed by atoms with E-state index in [1.807, 2.05) is 6.92 Å². The molecule has 0 aliphatic carbocycles. The molecule has 1 saturated heterocycles. The summed E-state index contributed by atoms with van der Waals surface area (Å²) in [5.74, 6) is -0.267. The minimum Gasteiger partial charge on any atom is -0.345 e. The molecular weight excluding hydrogens is 290 g/mol. The summed E-state index contributed by atoms with van der Waals surface area (Å²) < 4.78 is 0. The van der Waals surface area contributed by atoms with Gasteiger partial charge in [-0.25, -0.2) is 0 Å². The molecule has 114 valence electrons. The second kappa shape index (κ2) is 6.45. The molecule has 5 nitrogen and oxygen atoms in total. The largest absolute Gasteiger partial charge is 0.345 e. The summed E-state index contributed by atoms with van der Waals surface area (Å²) in [5.41, 5.74) is 0.978. The number of nitrogens with zero attached hydrogens (tertiary/aromatic N) is 1. The highest BCUT2D eigenvalue weighted by Crippen LogP contribution is 2.25. The van der Waals surface area contributed by atoms with Crippen LogP contribution >= 0.6 is 11.6 Å². The summed E-state index contributed by atoms with van der Waals surface area (Å²) in [4.78, 5) is 25.7. The van der Waals surface area contributed by atoms with Crippen molar-refractivity contribution in [2.45, 2.75) is 19.4 Å². The Bertz CT molecular complexity index is 560. The van der Waals surface area contributed by atoms with Crippen molar-refractivity contribution in [3.8, 4) is 0 Å². The maximum absolute atomic E-state index is 12.3. The third kappa shape index (κ3) is 3.54. The van der Waals surface area contributed by atoms with Crippen LogP contribution in [0.5, 0.6) is 0 Å². The molecule has 2 rings (SSSR count). The number of anilines is 1. The van der Waals surface area contributed by atoms with Crippen LogP contribution in [0.2, 0.25) is 5.02 Å². The summed E-state index contributed by atoms with van der Waals surface area (Å²) in [6.45, 7) is 2.83. The Kier molecular flexibility index (Phi) is 4.85. The number of carbonyl (C=O) groups is 2. The lowest BCUT2D eigenvalue weighted by atomic mass is 10.0. The normalized spacial score (nSPS) is 21.1. The number of halogens is 1. The molecule has 1 aliphatic rings. The van der Waals surface area contributed by atoms with E-state index in [4.69, 9.17) is 11.6 Å². The Morgan fingerprint density at radius 2 is 2.10 bits per heavy atom. The molecule has 0 bridgehead atoms. The molecule has 0 radical (unpaired) electrons. The van der Waals surface area contributed by atoms with Crippen LogP contribution in [0.1, 0.15) is 23.7 Å². The molecule has 6 heteroatoms. The summed E-state index contributed by atoms with van der Waals surface area (Å²) in [6, 6.07) is 5.05. The predicted molar refractivity (Wildman–Crippen MR) is 83.7 cm³/mol. The van der Waals surface area contributed by atoms with E-state index in [2.05, 4.69) is 10.6 Å². The quantitative estimate of drug-likeness (QED) is 0.897. The number of carbonyl (C=O) groups excluding carboxylic acids is 2. The lowest BCUT2D eigenvalue weighted by molar-refractivity contribution is -0.120. The van der Waals surface area contributed by atoms with Crippen LogP contribution < -0.4 is 10.6 Å². The average Bonchev–Trinajstić information content (AvgIpc) is 2.86. The van der Waals surface area contributed by atoms with Crippen molar-refractivity contribution in [3.05, 3.63) is 28.8 Å². The van der Waals surface area contributed by atoms with E-state index in [9.17, 15) is 9.59 Å². The molecule has 1 fully saturated rings. The van der Waals surface area contributed by atoms with Gasteiger partial charge >= 0.3 is 0 Å². The van der Waals surface area contributed by atoms with Gasteiger partial charge in [0.15, 0.2) is 0 Å². The van der Waals surface area contributed by atoms with Gasteiger partial charge in [-0.15, -0.1) is 0 Å². The highest BCUT2D eigenvalue weighted by molar-refractivity contribution is 6.33. The monoisotopic (exact) mass is 309 g/mol. The van der Waals surface area contributed by atoms with Gasteiger partial charge in [0.1, 0.15) is 0 Å². The third-order valence-electron chi connectivity index (χ3n) is 3.74. The van der Waals surface area contributed by atoms with E-state index in [0.717, 1.165) is 13.0 Å². The van der Waals surface area contributed by atoms with Crippen LogP contribution in [0.25, 0.3) is 0 Å². The molecule has 21 heavy (non-hydrogen) atoms. The van der Waals surface area contributed by atoms with E-state index in [1.165, 1.54) is 4.90 Å². The summed E-state index contributed by atoms with van der Waals surface area (Å²) in [7, 11) is 3.36. The van der Waals surface area contributed by atoms with Gasteiger partial charge in [-0.05, 0) is 38.1 Å². The topological polar surface area (TPSA) is 61.4 Å². The predicted octanol–water partition coefficient (Wildman–Crippen LogP) is 1.98. The van der Waals surface area contributed by atoms with Gasteiger partial charge in [-0.3, -0.25) is 9.59 Å². The molecular formula is C15H20ClN3O2. The van der Waals surface area contributed by atoms with Crippen molar-refractivity contribution in [1.29, 1.82) is 0 Å². The number of benzene rings is 1. The minimum absolute atomic E-state index is 0.0659. The zero-order chi connectivity index (χ0) is 15.6. The van der Waals surface area contributed by atoms with Gasteiger partial charge in [-0.2, -0.15) is 0 Å². The molecule has 2 amide bonds. The van der Waals surface area contributed by atoms with Gasteiger partial charge in [0, 0.05) is 25.7 Å². The Balaban J connectivity index is 2.17. The van der Waals surface area contributed by atoms with Crippen LogP contribution in [0.15, 0.2) is 18.2 Å². The van der Waals surface area contributed by atoms with E-state index in [-0.39, 0.29) is 23.8 Å². The second-order valence-corrected chi connectivity index (χ2v) is 5.93. The minimum atomic E-state index is -0.127. The van der Waals surface area contributed by atoms with Crippen LogP contribution in [0.3, 0.4) is 0 Å². The highest BCUT2D eigenvalue weighted by atomic mass is 35.5. The van der Waals surface area contributed by atoms with Crippen molar-refractivity contribution < 1.29 is 9.59 Å². The number of amides is 2. The molecule has 0 spiro atoms. The van der Waals surface area contributed by atoms with Gasteiger partial charge in [0.25, 0.3) is 5.91 Å². The summed E-state index contributed by atoms with van der Waals surface area (Å²) >= 11 is 6.11. The zero-order valence-electron chi connectivity index (χ0n) is 12.4. The molecule has 1 aliphatic heterocycles. The first-order valence-electron chi connectivity index (χ1n) is 6.95. The number of nitrogens with one attached hydrogen (secondary N) is 2. The molecule has 2 atom stereocenters. The van der Waals surface area contributed by atoms with Gasteiger partial charge < -0.3 is 15.5 Å². The fraction of sp³-hybridized carbons (Fsp3) is 0.467. The molecule has 1 heterocycles. The Morgan fingerprint density at radius 1 is 1.38 bits per heavy atom.